The Bertz CT molecular complexity index is 1130. The third-order valence-electron chi connectivity index (χ3n) is 4.87. The van der Waals surface area contributed by atoms with Gasteiger partial charge < -0.3 is 14.4 Å². The van der Waals surface area contributed by atoms with Gasteiger partial charge in [-0.25, -0.2) is 0 Å². The summed E-state index contributed by atoms with van der Waals surface area (Å²) >= 11 is 6.16. The fourth-order valence-electron chi connectivity index (χ4n) is 3.49. The van der Waals surface area contributed by atoms with E-state index in [9.17, 15) is 14.7 Å². The van der Waals surface area contributed by atoms with Gasteiger partial charge in [0.05, 0.1) is 24.4 Å². The number of carbonyl (C=O) groups is 2. The van der Waals surface area contributed by atoms with Crippen molar-refractivity contribution in [2.45, 2.75) is 12.6 Å². The number of hydrogen-bond acceptors (Lipinski definition) is 4. The summed E-state index contributed by atoms with van der Waals surface area (Å²) in [6.07, 6.45) is 4.52. The quantitative estimate of drug-likeness (QED) is 0.563. The molecule has 1 amide bonds. The SMILES string of the molecule is O=C(/C=C/c1ccccc1)C1=C(O)C(=O)N(Cc2ccco2)[C@@H]1c1cccc(Cl)c1. The summed E-state index contributed by atoms with van der Waals surface area (Å²) in [6.45, 7) is 0.103. The lowest BCUT2D eigenvalue weighted by Crippen LogP contribution is -2.30. The van der Waals surface area contributed by atoms with E-state index < -0.39 is 23.5 Å². The van der Waals surface area contributed by atoms with Gasteiger partial charge in [-0.2, -0.15) is 0 Å². The molecule has 1 aliphatic heterocycles. The molecule has 30 heavy (non-hydrogen) atoms. The molecule has 150 valence electrons. The van der Waals surface area contributed by atoms with Crippen molar-refractivity contribution in [1.82, 2.24) is 4.90 Å². The first-order valence-corrected chi connectivity index (χ1v) is 9.72. The van der Waals surface area contributed by atoms with Crippen molar-refractivity contribution >= 4 is 29.4 Å². The fraction of sp³-hybridized carbons (Fsp3) is 0.0833. The average molecular weight is 420 g/mol. The van der Waals surface area contributed by atoms with Gasteiger partial charge in [0.2, 0.25) is 0 Å². The highest BCUT2D eigenvalue weighted by Gasteiger charge is 2.43. The number of carbonyl (C=O) groups excluding carboxylic acids is 2. The molecule has 0 radical (unpaired) electrons. The molecule has 0 saturated carbocycles. The molecule has 1 aromatic heterocycles. The van der Waals surface area contributed by atoms with Crippen molar-refractivity contribution in [3.63, 3.8) is 0 Å². The number of furan rings is 1. The Hall–Kier alpha value is -3.57. The second-order valence-corrected chi connectivity index (χ2v) is 7.28. The Morgan fingerprint density at radius 1 is 1.10 bits per heavy atom. The predicted octanol–water partition coefficient (Wildman–Crippen LogP) is 5.11. The summed E-state index contributed by atoms with van der Waals surface area (Å²) in [4.78, 5) is 27.3. The summed E-state index contributed by atoms with van der Waals surface area (Å²) in [5.74, 6) is -1.10. The number of ketones is 1. The summed E-state index contributed by atoms with van der Waals surface area (Å²) in [5.41, 5.74) is 1.48. The topological polar surface area (TPSA) is 70.8 Å². The van der Waals surface area contributed by atoms with Gasteiger partial charge in [-0.1, -0.05) is 60.1 Å². The van der Waals surface area contributed by atoms with Crippen LogP contribution in [0, 0.1) is 0 Å². The van der Waals surface area contributed by atoms with Crippen LogP contribution in [0.4, 0.5) is 0 Å². The van der Waals surface area contributed by atoms with Crippen LogP contribution in [0.1, 0.15) is 22.9 Å². The standard InChI is InChI=1S/C24H18ClNO4/c25-18-9-4-8-17(14-18)22-21(20(27)12-11-16-6-2-1-3-7-16)23(28)24(29)26(22)15-19-10-5-13-30-19/h1-14,22,28H,15H2/b12-11+/t22-/m1/s1. The normalized spacial score (nSPS) is 16.6. The molecule has 5 nitrogen and oxygen atoms in total. The van der Waals surface area contributed by atoms with E-state index in [1.165, 1.54) is 17.2 Å². The molecule has 2 heterocycles. The van der Waals surface area contributed by atoms with Gasteiger partial charge in [0, 0.05) is 5.02 Å². The minimum atomic E-state index is -0.783. The molecule has 1 N–H and O–H groups in total. The van der Waals surface area contributed by atoms with E-state index >= 15 is 0 Å². The van der Waals surface area contributed by atoms with Gasteiger partial charge in [0.25, 0.3) is 5.91 Å². The van der Waals surface area contributed by atoms with Gasteiger partial charge in [-0.05, 0) is 41.5 Å². The van der Waals surface area contributed by atoms with Crippen LogP contribution < -0.4 is 0 Å². The highest BCUT2D eigenvalue weighted by molar-refractivity contribution is 6.30. The molecule has 0 bridgehead atoms. The number of hydrogen-bond donors (Lipinski definition) is 1. The molecular weight excluding hydrogens is 402 g/mol. The van der Waals surface area contributed by atoms with Crippen LogP contribution in [0.2, 0.25) is 5.02 Å². The lowest BCUT2D eigenvalue weighted by molar-refractivity contribution is -0.130. The second-order valence-electron chi connectivity index (χ2n) is 6.84. The Balaban J connectivity index is 1.73. The van der Waals surface area contributed by atoms with Crippen molar-refractivity contribution in [2.24, 2.45) is 0 Å². The van der Waals surface area contributed by atoms with E-state index in [4.69, 9.17) is 16.0 Å². The van der Waals surface area contributed by atoms with E-state index in [-0.39, 0.29) is 12.1 Å². The van der Waals surface area contributed by atoms with Crippen LogP contribution in [0.3, 0.4) is 0 Å². The molecule has 2 aromatic carbocycles. The maximum atomic E-state index is 13.1. The Morgan fingerprint density at radius 2 is 1.90 bits per heavy atom. The van der Waals surface area contributed by atoms with Crippen LogP contribution in [-0.4, -0.2) is 21.7 Å². The number of allylic oxidation sites excluding steroid dienone is 1. The maximum absolute atomic E-state index is 13.1. The van der Waals surface area contributed by atoms with Crippen molar-refractivity contribution in [1.29, 1.82) is 0 Å². The minimum absolute atomic E-state index is 0.0148. The monoisotopic (exact) mass is 419 g/mol. The van der Waals surface area contributed by atoms with Crippen LogP contribution in [0.5, 0.6) is 0 Å². The third kappa shape index (κ3) is 3.93. The van der Waals surface area contributed by atoms with E-state index in [1.807, 2.05) is 30.3 Å². The summed E-state index contributed by atoms with van der Waals surface area (Å²) < 4.78 is 5.37. The number of nitrogens with zero attached hydrogens (tertiary/aromatic N) is 1. The molecular formula is C24H18ClNO4. The smallest absolute Gasteiger partial charge is 0.290 e. The number of aliphatic hydroxyl groups is 1. The molecule has 0 spiro atoms. The molecule has 6 heteroatoms. The zero-order valence-corrected chi connectivity index (χ0v) is 16.6. The molecule has 0 saturated heterocycles. The predicted molar refractivity (Wildman–Crippen MR) is 114 cm³/mol. The fourth-order valence-corrected chi connectivity index (χ4v) is 3.69. The largest absolute Gasteiger partial charge is 0.503 e. The Kier molecular flexibility index (Phi) is 5.55. The van der Waals surface area contributed by atoms with Crippen molar-refractivity contribution in [3.8, 4) is 0 Å². The number of benzene rings is 2. The highest BCUT2D eigenvalue weighted by Crippen LogP contribution is 2.39. The van der Waals surface area contributed by atoms with Crippen LogP contribution in [0.25, 0.3) is 6.08 Å². The molecule has 4 rings (SSSR count). The van der Waals surface area contributed by atoms with Crippen molar-refractivity contribution in [2.75, 3.05) is 0 Å². The highest BCUT2D eigenvalue weighted by atomic mass is 35.5. The lowest BCUT2D eigenvalue weighted by Gasteiger charge is -2.26. The second kappa shape index (κ2) is 8.43. The molecule has 0 unspecified atom stereocenters. The maximum Gasteiger partial charge on any atom is 0.290 e. The first-order valence-electron chi connectivity index (χ1n) is 9.34. The summed E-state index contributed by atoms with van der Waals surface area (Å²) in [6, 6.07) is 18.9. The first kappa shape index (κ1) is 19.7. The van der Waals surface area contributed by atoms with Crippen molar-refractivity contribution in [3.05, 3.63) is 112 Å². The Labute approximate surface area is 178 Å². The third-order valence-corrected chi connectivity index (χ3v) is 5.10. The number of rotatable bonds is 6. The van der Waals surface area contributed by atoms with E-state index in [2.05, 4.69) is 0 Å². The Morgan fingerprint density at radius 3 is 2.60 bits per heavy atom. The van der Waals surface area contributed by atoms with Crippen LogP contribution in [-0.2, 0) is 16.1 Å². The van der Waals surface area contributed by atoms with Crippen LogP contribution in [0.15, 0.2) is 94.8 Å². The summed E-state index contributed by atoms with van der Waals surface area (Å²) in [5, 5.41) is 11.1. The number of halogens is 1. The zero-order chi connectivity index (χ0) is 21.1. The van der Waals surface area contributed by atoms with Gasteiger partial charge in [0.1, 0.15) is 5.76 Å². The summed E-state index contributed by atoms with van der Waals surface area (Å²) in [7, 11) is 0. The van der Waals surface area contributed by atoms with Crippen LogP contribution >= 0.6 is 11.6 Å². The molecule has 1 atom stereocenters. The average Bonchev–Trinajstić information content (AvgIpc) is 3.35. The van der Waals surface area contributed by atoms with Gasteiger partial charge in [-0.3, -0.25) is 9.59 Å². The first-order chi connectivity index (χ1) is 14.5. The van der Waals surface area contributed by atoms with Gasteiger partial charge in [0.15, 0.2) is 11.5 Å². The lowest BCUT2D eigenvalue weighted by atomic mass is 9.95. The number of amides is 1. The molecule has 1 aliphatic rings. The van der Waals surface area contributed by atoms with Gasteiger partial charge >= 0.3 is 0 Å². The molecule has 0 fully saturated rings. The van der Waals surface area contributed by atoms with E-state index in [0.717, 1.165) is 5.56 Å². The zero-order valence-electron chi connectivity index (χ0n) is 15.9. The van der Waals surface area contributed by atoms with Crippen molar-refractivity contribution < 1.29 is 19.1 Å². The molecule has 3 aromatic rings. The number of aliphatic hydroxyl groups excluding tert-OH is 1. The van der Waals surface area contributed by atoms with Gasteiger partial charge in [-0.15, -0.1) is 0 Å². The van der Waals surface area contributed by atoms with E-state index in [0.29, 0.717) is 16.3 Å². The molecule has 0 aliphatic carbocycles. The van der Waals surface area contributed by atoms with E-state index in [1.54, 1.807) is 42.5 Å². The minimum Gasteiger partial charge on any atom is -0.503 e.